The molecule has 1 aromatic carbocycles. The van der Waals surface area contributed by atoms with Crippen LogP contribution in [0.2, 0.25) is 0 Å². The molecule has 1 aliphatic rings. The van der Waals surface area contributed by atoms with E-state index in [0.717, 1.165) is 0 Å². The summed E-state index contributed by atoms with van der Waals surface area (Å²) >= 11 is 0. The van der Waals surface area contributed by atoms with Crippen LogP contribution in [0.4, 0.5) is 9.18 Å². The predicted octanol–water partition coefficient (Wildman–Crippen LogP) is 1.83. The van der Waals surface area contributed by atoms with Crippen molar-refractivity contribution in [2.45, 2.75) is 25.4 Å². The summed E-state index contributed by atoms with van der Waals surface area (Å²) in [7, 11) is 0. The molecular weight excluding hydrogens is 287 g/mol. The average Bonchev–Trinajstić information content (AvgIpc) is 2.93. The van der Waals surface area contributed by atoms with Crippen LogP contribution in [-0.4, -0.2) is 36.4 Å². The van der Waals surface area contributed by atoms with E-state index in [4.69, 9.17) is 9.84 Å². The summed E-state index contributed by atoms with van der Waals surface area (Å²) in [5.41, 5.74) is 0. The molecule has 0 aliphatic heterocycles. The first-order valence-corrected chi connectivity index (χ1v) is 7.32. The summed E-state index contributed by atoms with van der Waals surface area (Å²) in [5.74, 6) is -0.154. The molecule has 0 radical (unpaired) electrons. The van der Waals surface area contributed by atoms with Crippen LogP contribution in [0.15, 0.2) is 36.4 Å². The molecule has 0 unspecified atom stereocenters. The highest BCUT2D eigenvalue weighted by molar-refractivity contribution is 5.74. The fraction of sp³-hybridized carbons (Fsp3) is 0.438. The van der Waals surface area contributed by atoms with Gasteiger partial charge in [0.2, 0.25) is 0 Å². The third-order valence-corrected chi connectivity index (χ3v) is 3.43. The van der Waals surface area contributed by atoms with Crippen LogP contribution in [0.25, 0.3) is 0 Å². The van der Waals surface area contributed by atoms with E-state index in [1.54, 1.807) is 25.1 Å². The minimum absolute atomic E-state index is 0.0724. The number of carbonyl (C=O) groups is 1. The van der Waals surface area contributed by atoms with Crippen LogP contribution in [0.1, 0.15) is 13.3 Å². The number of benzene rings is 1. The van der Waals surface area contributed by atoms with E-state index in [9.17, 15) is 9.18 Å². The molecule has 1 aliphatic carbocycles. The fourth-order valence-electron chi connectivity index (χ4n) is 2.27. The number of urea groups is 1. The lowest BCUT2D eigenvalue weighted by molar-refractivity contribution is 0.219. The smallest absolute Gasteiger partial charge is 0.315 e. The van der Waals surface area contributed by atoms with E-state index >= 15 is 0 Å². The van der Waals surface area contributed by atoms with Crippen LogP contribution >= 0.6 is 0 Å². The molecule has 1 aromatic rings. The largest absolute Gasteiger partial charge is 0.488 e. The second kappa shape index (κ2) is 7.79. The average molecular weight is 308 g/mol. The first kappa shape index (κ1) is 16.3. The monoisotopic (exact) mass is 308 g/mol. The van der Waals surface area contributed by atoms with Crippen molar-refractivity contribution in [3.63, 3.8) is 0 Å². The van der Waals surface area contributed by atoms with Crippen LogP contribution in [0.3, 0.4) is 0 Å². The van der Waals surface area contributed by atoms with Gasteiger partial charge < -0.3 is 20.5 Å². The van der Waals surface area contributed by atoms with Gasteiger partial charge in [-0.2, -0.15) is 0 Å². The lowest BCUT2D eigenvalue weighted by atomic mass is 10.1. The lowest BCUT2D eigenvalue weighted by Crippen LogP contribution is -2.46. The molecule has 0 heterocycles. The minimum atomic E-state index is -0.426. The first-order valence-electron chi connectivity index (χ1n) is 7.32. The van der Waals surface area contributed by atoms with Gasteiger partial charge in [-0.25, -0.2) is 9.18 Å². The van der Waals surface area contributed by atoms with E-state index < -0.39 is 5.82 Å². The number of aliphatic hydroxyl groups is 1. The number of nitrogens with one attached hydrogen (secondary N) is 2. The number of amides is 2. The van der Waals surface area contributed by atoms with Crippen LogP contribution in [-0.2, 0) is 0 Å². The lowest BCUT2D eigenvalue weighted by Gasteiger charge is -2.18. The number of aliphatic hydroxyl groups excluding tert-OH is 1. The van der Waals surface area contributed by atoms with Gasteiger partial charge >= 0.3 is 6.03 Å². The van der Waals surface area contributed by atoms with Crippen molar-refractivity contribution in [3.8, 4) is 5.75 Å². The van der Waals surface area contributed by atoms with Crippen LogP contribution < -0.4 is 15.4 Å². The van der Waals surface area contributed by atoms with Crippen molar-refractivity contribution in [1.29, 1.82) is 0 Å². The molecule has 2 amide bonds. The van der Waals surface area contributed by atoms with Crippen molar-refractivity contribution in [3.05, 3.63) is 42.2 Å². The zero-order valence-corrected chi connectivity index (χ0v) is 12.5. The SMILES string of the molecule is C[C@@H](COc1ccccc1F)NC(=O)N[C@@H]1C=C[C@H](CO)C1. The second-order valence-corrected chi connectivity index (χ2v) is 5.43. The van der Waals surface area contributed by atoms with Crippen molar-refractivity contribution in [2.24, 2.45) is 5.92 Å². The van der Waals surface area contributed by atoms with Gasteiger partial charge in [-0.3, -0.25) is 0 Å². The van der Waals surface area contributed by atoms with Gasteiger partial charge in [-0.1, -0.05) is 24.3 Å². The third kappa shape index (κ3) is 4.73. The molecule has 0 aromatic heterocycles. The van der Waals surface area contributed by atoms with Crippen LogP contribution in [0.5, 0.6) is 5.75 Å². The molecular formula is C16H21FN2O3. The van der Waals surface area contributed by atoms with E-state index in [1.807, 2.05) is 12.2 Å². The topological polar surface area (TPSA) is 70.6 Å². The standard InChI is InChI=1S/C16H21FN2O3/c1-11(10-22-15-5-3-2-4-14(15)17)18-16(21)19-13-7-6-12(8-13)9-20/h2-7,11-13,20H,8-10H2,1H3,(H2,18,19,21)/t11-,12-,13+/m0/s1. The molecule has 0 spiro atoms. The summed E-state index contributed by atoms with van der Waals surface area (Å²) in [4.78, 5) is 11.8. The molecule has 0 fully saturated rings. The van der Waals surface area contributed by atoms with E-state index in [2.05, 4.69) is 10.6 Å². The maximum Gasteiger partial charge on any atom is 0.315 e. The van der Waals surface area contributed by atoms with Gasteiger partial charge in [0.1, 0.15) is 6.61 Å². The fourth-order valence-corrected chi connectivity index (χ4v) is 2.27. The molecule has 22 heavy (non-hydrogen) atoms. The van der Waals surface area contributed by atoms with Gasteiger partial charge in [0.25, 0.3) is 0 Å². The van der Waals surface area contributed by atoms with E-state index in [1.165, 1.54) is 6.07 Å². The van der Waals surface area contributed by atoms with Crippen molar-refractivity contribution in [1.82, 2.24) is 10.6 Å². The highest BCUT2D eigenvalue weighted by Gasteiger charge is 2.20. The van der Waals surface area contributed by atoms with Gasteiger partial charge in [-0.15, -0.1) is 0 Å². The summed E-state index contributed by atoms with van der Waals surface area (Å²) in [6.07, 6.45) is 4.47. The van der Waals surface area contributed by atoms with Gasteiger partial charge in [0.15, 0.2) is 11.6 Å². The number of carbonyl (C=O) groups excluding carboxylic acids is 1. The summed E-state index contributed by atoms with van der Waals surface area (Å²) in [6, 6.07) is 5.50. The molecule has 2 rings (SSSR count). The van der Waals surface area contributed by atoms with Gasteiger partial charge in [0.05, 0.1) is 6.04 Å². The number of rotatable bonds is 6. The highest BCUT2D eigenvalue weighted by atomic mass is 19.1. The minimum Gasteiger partial charge on any atom is -0.488 e. The normalized spacial score (nSPS) is 21.4. The Kier molecular flexibility index (Phi) is 5.77. The number of hydrogen-bond donors (Lipinski definition) is 3. The Bertz CT molecular complexity index is 536. The summed E-state index contributed by atoms with van der Waals surface area (Å²) in [6.45, 7) is 2.04. The maximum absolute atomic E-state index is 13.4. The second-order valence-electron chi connectivity index (χ2n) is 5.43. The predicted molar refractivity (Wildman–Crippen MR) is 81.1 cm³/mol. The number of halogens is 1. The Morgan fingerprint density at radius 2 is 2.23 bits per heavy atom. The third-order valence-electron chi connectivity index (χ3n) is 3.43. The maximum atomic E-state index is 13.4. The van der Waals surface area contributed by atoms with Crippen LogP contribution in [0, 0.1) is 11.7 Å². The van der Waals surface area contributed by atoms with Crippen molar-refractivity contribution >= 4 is 6.03 Å². The van der Waals surface area contributed by atoms with E-state index in [0.29, 0.717) is 6.42 Å². The van der Waals surface area contributed by atoms with Crippen molar-refractivity contribution in [2.75, 3.05) is 13.2 Å². The Morgan fingerprint density at radius 3 is 2.91 bits per heavy atom. The molecule has 5 nitrogen and oxygen atoms in total. The number of para-hydroxylation sites is 1. The molecule has 0 bridgehead atoms. The Morgan fingerprint density at radius 1 is 1.45 bits per heavy atom. The van der Waals surface area contributed by atoms with Crippen molar-refractivity contribution < 1.29 is 19.0 Å². The van der Waals surface area contributed by atoms with Gasteiger partial charge in [0, 0.05) is 18.6 Å². The Labute approximate surface area is 129 Å². The molecule has 3 atom stereocenters. The number of ether oxygens (including phenoxy) is 1. The zero-order valence-electron chi connectivity index (χ0n) is 12.5. The number of hydrogen-bond acceptors (Lipinski definition) is 3. The van der Waals surface area contributed by atoms with Gasteiger partial charge in [-0.05, 0) is 25.5 Å². The van der Waals surface area contributed by atoms with E-state index in [-0.39, 0.29) is 43.0 Å². The molecule has 0 saturated heterocycles. The molecule has 0 saturated carbocycles. The molecule has 120 valence electrons. The highest BCUT2D eigenvalue weighted by Crippen LogP contribution is 2.17. The zero-order chi connectivity index (χ0) is 15.9. The summed E-state index contributed by atoms with van der Waals surface area (Å²) < 4.78 is 18.7. The first-order chi connectivity index (χ1) is 10.6. The summed E-state index contributed by atoms with van der Waals surface area (Å²) in [5, 5.41) is 14.6. The molecule has 3 N–H and O–H groups in total. The Hall–Kier alpha value is -2.08. The quantitative estimate of drug-likeness (QED) is 0.702. The molecule has 6 heteroatoms. The Balaban J connectivity index is 1.71.